The Morgan fingerprint density at radius 1 is 0.824 bits per heavy atom. The molecule has 2 aliphatic rings. The molecule has 0 bridgehead atoms. The fraction of sp³-hybridized carbons (Fsp3) is 0.556. The quantitative estimate of drug-likeness (QED) is 0.144. The topological polar surface area (TPSA) is 174 Å². The molecule has 51 heavy (non-hydrogen) atoms. The Morgan fingerprint density at radius 3 is 1.88 bits per heavy atom. The molecule has 3 aromatic rings. The zero-order chi connectivity index (χ0) is 35.5. The molecule has 4 N–H and O–H groups in total. The van der Waals surface area contributed by atoms with Gasteiger partial charge in [-0.3, -0.25) is 34.4 Å². The maximum atomic E-state index is 13.9. The molecule has 0 aromatic carbocycles. The van der Waals surface area contributed by atoms with Crippen LogP contribution in [0.15, 0.2) is 73.2 Å². The van der Waals surface area contributed by atoms with Crippen molar-refractivity contribution in [1.29, 1.82) is 0 Å². The molecular weight excluding hydrogens is 700 g/mol. The number of rotatable bonds is 13. The summed E-state index contributed by atoms with van der Waals surface area (Å²) in [5.41, 5.74) is 1.56. The van der Waals surface area contributed by atoms with Crippen molar-refractivity contribution in [1.82, 2.24) is 29.7 Å². The Bertz CT molecular complexity index is 1390. The van der Waals surface area contributed by atoms with E-state index in [1.54, 1.807) is 32.4 Å². The maximum Gasteiger partial charge on any atom is 0.313 e. The zero-order valence-corrected chi connectivity index (χ0v) is 30.2. The summed E-state index contributed by atoms with van der Waals surface area (Å²) < 4.78 is 17.5. The van der Waals surface area contributed by atoms with Crippen LogP contribution in [0.2, 0.25) is 0 Å². The molecule has 0 radical (unpaired) electrons. The maximum absolute atomic E-state index is 13.9. The van der Waals surface area contributed by atoms with Crippen LogP contribution in [-0.2, 0) is 49.2 Å². The van der Waals surface area contributed by atoms with Crippen LogP contribution in [0.3, 0.4) is 0 Å². The van der Waals surface area contributed by atoms with E-state index in [-0.39, 0.29) is 30.1 Å². The first-order valence-electron chi connectivity index (χ1n) is 17.2. The molecule has 3 aromatic heterocycles. The van der Waals surface area contributed by atoms with Crippen molar-refractivity contribution >= 4 is 5.97 Å². The van der Waals surface area contributed by atoms with Gasteiger partial charge in [0.05, 0.1) is 35.7 Å². The predicted octanol–water partition coefficient (Wildman–Crippen LogP) is 0.964. The summed E-state index contributed by atoms with van der Waals surface area (Å²) in [6, 6.07) is 17.4. The summed E-state index contributed by atoms with van der Waals surface area (Å²) in [6.07, 6.45) is -2.20. The molecule has 0 amide bonds. The van der Waals surface area contributed by atoms with Crippen LogP contribution in [0, 0.1) is 5.41 Å². The van der Waals surface area contributed by atoms with E-state index in [9.17, 15) is 25.2 Å². The summed E-state index contributed by atoms with van der Waals surface area (Å²) >= 11 is 0. The summed E-state index contributed by atoms with van der Waals surface area (Å²) in [6.45, 7) is 8.59. The Morgan fingerprint density at radius 2 is 1.37 bits per heavy atom. The third-order valence-electron chi connectivity index (χ3n) is 9.26. The monoisotopic (exact) mass is 750 g/mol. The van der Waals surface area contributed by atoms with E-state index in [0.29, 0.717) is 45.0 Å². The standard InChI is InChI=1S/C36H50N6O8.Fe/c1-36(2,12-22-48-34-32(46)31(45)30(44)29(25-43)49-34)35(47)50-33(28-11-5-8-15-39-28)42-20-18-40(23-26-9-3-6-13-37-26)16-17-41(19-21-42)24-27-10-4-7-14-38-27;/h3-11,13-15,29-34,43-46H,12,16-25H2,1-2H3;/t29-,30+,31+,32-,33?,34-;/m1./s1. The SMILES string of the molecule is CC(C)(CCO[C@@H]1O[C@H](CO)[C@H](O)[C@H](O)[C@H]1O)C(=O)OC(c1ccccn1)N1CCN(Cc2ccccn2)CCN(Cc2ccccn2)CC1.[Fe]. The van der Waals surface area contributed by atoms with Gasteiger partial charge in [-0.2, -0.15) is 0 Å². The molecule has 6 atom stereocenters. The first-order chi connectivity index (χ1) is 24.1. The minimum absolute atomic E-state index is 0. The summed E-state index contributed by atoms with van der Waals surface area (Å²) in [7, 11) is 0. The first-order valence-corrected chi connectivity index (χ1v) is 17.2. The van der Waals surface area contributed by atoms with Gasteiger partial charge in [0.1, 0.15) is 24.4 Å². The molecule has 2 fully saturated rings. The van der Waals surface area contributed by atoms with Gasteiger partial charge in [0, 0.05) is 88.0 Å². The molecule has 0 aliphatic carbocycles. The minimum atomic E-state index is -1.55. The number of hydrogen-bond donors (Lipinski definition) is 4. The number of carbonyl (C=O) groups is 1. The van der Waals surface area contributed by atoms with E-state index in [0.717, 1.165) is 24.5 Å². The number of pyridine rings is 3. The fourth-order valence-electron chi connectivity index (χ4n) is 5.99. The van der Waals surface area contributed by atoms with Crippen molar-refractivity contribution in [2.75, 3.05) is 52.5 Å². The van der Waals surface area contributed by atoms with E-state index in [4.69, 9.17) is 14.2 Å². The molecule has 14 nitrogen and oxygen atoms in total. The second-order valence-corrected chi connectivity index (χ2v) is 13.4. The number of nitrogens with zero attached hydrogens (tertiary/aromatic N) is 6. The summed E-state index contributed by atoms with van der Waals surface area (Å²) in [4.78, 5) is 34.5. The fourth-order valence-corrected chi connectivity index (χ4v) is 5.99. The van der Waals surface area contributed by atoms with Crippen molar-refractivity contribution in [3.8, 4) is 0 Å². The largest absolute Gasteiger partial charge is 0.440 e. The molecule has 5 heterocycles. The van der Waals surface area contributed by atoms with Gasteiger partial charge in [0.25, 0.3) is 0 Å². The van der Waals surface area contributed by atoms with E-state index >= 15 is 0 Å². The van der Waals surface area contributed by atoms with Crippen LogP contribution < -0.4 is 0 Å². The van der Waals surface area contributed by atoms with Crippen LogP contribution in [0.4, 0.5) is 0 Å². The molecule has 2 aliphatic heterocycles. The minimum Gasteiger partial charge on any atom is -0.440 e. The molecule has 15 heteroatoms. The van der Waals surface area contributed by atoms with Gasteiger partial charge in [-0.1, -0.05) is 18.2 Å². The van der Waals surface area contributed by atoms with E-state index in [1.165, 1.54) is 0 Å². The number of aromatic nitrogens is 3. The number of aliphatic hydroxyl groups excluding tert-OH is 4. The summed E-state index contributed by atoms with van der Waals surface area (Å²) in [5, 5.41) is 40.0. The molecule has 280 valence electrons. The van der Waals surface area contributed by atoms with Crippen molar-refractivity contribution in [3.63, 3.8) is 0 Å². The second kappa shape index (κ2) is 19.8. The van der Waals surface area contributed by atoms with Crippen LogP contribution in [0.25, 0.3) is 0 Å². The number of aliphatic hydroxyl groups is 4. The Balaban J connectivity index is 0.00000583. The van der Waals surface area contributed by atoms with Crippen LogP contribution in [0.1, 0.15) is 43.6 Å². The van der Waals surface area contributed by atoms with Gasteiger partial charge in [-0.05, 0) is 56.7 Å². The number of hydrogen-bond acceptors (Lipinski definition) is 14. The van der Waals surface area contributed by atoms with Gasteiger partial charge in [-0.15, -0.1) is 0 Å². The zero-order valence-electron chi connectivity index (χ0n) is 29.1. The van der Waals surface area contributed by atoms with Crippen LogP contribution in [0.5, 0.6) is 0 Å². The Hall–Kier alpha value is -2.92. The van der Waals surface area contributed by atoms with Gasteiger partial charge in [-0.25, -0.2) is 0 Å². The number of carbonyl (C=O) groups excluding carboxylic acids is 1. The third-order valence-corrected chi connectivity index (χ3v) is 9.26. The molecule has 0 saturated carbocycles. The smallest absolute Gasteiger partial charge is 0.313 e. The Labute approximate surface area is 309 Å². The number of ether oxygens (including phenoxy) is 3. The van der Waals surface area contributed by atoms with Gasteiger partial charge < -0.3 is 34.6 Å². The average molecular weight is 751 g/mol. The molecular formula is C36H50FeN6O8. The van der Waals surface area contributed by atoms with Gasteiger partial charge in [0.15, 0.2) is 12.5 Å². The third kappa shape index (κ3) is 11.5. The van der Waals surface area contributed by atoms with Crippen molar-refractivity contribution in [3.05, 3.63) is 90.3 Å². The van der Waals surface area contributed by atoms with Crippen LogP contribution >= 0.6 is 0 Å². The average Bonchev–Trinajstić information content (AvgIpc) is 3.22. The van der Waals surface area contributed by atoms with Gasteiger partial charge >= 0.3 is 5.97 Å². The normalized spacial score (nSPS) is 24.8. The molecule has 0 spiro atoms. The van der Waals surface area contributed by atoms with E-state index in [2.05, 4.69) is 29.7 Å². The van der Waals surface area contributed by atoms with E-state index in [1.807, 2.05) is 54.6 Å². The number of esters is 1. The first kappa shape index (κ1) is 40.8. The van der Waals surface area contributed by atoms with Crippen molar-refractivity contribution in [2.24, 2.45) is 5.41 Å². The van der Waals surface area contributed by atoms with E-state index < -0.39 is 54.9 Å². The molecule has 5 rings (SSSR count). The van der Waals surface area contributed by atoms with Crippen molar-refractivity contribution < 1.29 is 56.5 Å². The van der Waals surface area contributed by atoms with Crippen molar-refractivity contribution in [2.45, 2.75) is 70.3 Å². The Kier molecular flexibility index (Phi) is 15.8. The predicted molar refractivity (Wildman–Crippen MR) is 182 cm³/mol. The second-order valence-electron chi connectivity index (χ2n) is 13.4. The molecule has 1 unspecified atom stereocenters. The van der Waals surface area contributed by atoms with Crippen LogP contribution in [-0.4, -0.2) is 139 Å². The summed E-state index contributed by atoms with van der Waals surface area (Å²) in [5.74, 6) is -0.457. The molecule has 2 saturated heterocycles. The van der Waals surface area contributed by atoms with Gasteiger partial charge in [0.2, 0.25) is 0 Å².